The molecule has 3 heteroatoms. The summed E-state index contributed by atoms with van der Waals surface area (Å²) in [4.78, 5) is 4.86. The van der Waals surface area contributed by atoms with Gasteiger partial charge in [0.2, 0.25) is 0 Å². The standard InChI is InChI=1S/C15H25N3/c1-17(2)12-14-7-5-11-18(14)15-8-4-3-6-13(15)9-10-16/h3-4,6,8,14H,5,7,9-12,16H2,1-2H3. The molecule has 1 heterocycles. The third-order valence-electron chi connectivity index (χ3n) is 3.67. The zero-order valence-corrected chi connectivity index (χ0v) is 11.6. The first-order valence-electron chi connectivity index (χ1n) is 6.91. The van der Waals surface area contributed by atoms with E-state index in [1.165, 1.54) is 30.6 Å². The second-order valence-electron chi connectivity index (χ2n) is 5.42. The number of hydrogen-bond acceptors (Lipinski definition) is 3. The average molecular weight is 247 g/mol. The van der Waals surface area contributed by atoms with Gasteiger partial charge in [0.25, 0.3) is 0 Å². The number of para-hydroxylation sites is 1. The van der Waals surface area contributed by atoms with Crippen LogP contribution in [0.15, 0.2) is 24.3 Å². The Morgan fingerprint density at radius 3 is 2.83 bits per heavy atom. The molecular formula is C15H25N3. The van der Waals surface area contributed by atoms with Crippen molar-refractivity contribution in [1.82, 2.24) is 4.90 Å². The lowest BCUT2D eigenvalue weighted by Crippen LogP contribution is -2.38. The summed E-state index contributed by atoms with van der Waals surface area (Å²) >= 11 is 0. The second kappa shape index (κ2) is 6.21. The number of benzene rings is 1. The SMILES string of the molecule is CN(C)CC1CCCN1c1ccccc1CCN. The Hall–Kier alpha value is -1.06. The zero-order chi connectivity index (χ0) is 13.0. The van der Waals surface area contributed by atoms with E-state index in [0.29, 0.717) is 6.04 Å². The van der Waals surface area contributed by atoms with Gasteiger partial charge in [0.1, 0.15) is 0 Å². The van der Waals surface area contributed by atoms with E-state index in [4.69, 9.17) is 5.73 Å². The van der Waals surface area contributed by atoms with Gasteiger partial charge in [-0.1, -0.05) is 18.2 Å². The number of nitrogens with zero attached hydrogens (tertiary/aromatic N) is 2. The molecule has 0 aromatic heterocycles. The van der Waals surface area contributed by atoms with Crippen LogP contribution in [0.25, 0.3) is 0 Å². The Labute approximate surface area is 111 Å². The summed E-state index contributed by atoms with van der Waals surface area (Å²) in [6.07, 6.45) is 3.58. The Kier molecular flexibility index (Phi) is 4.61. The molecule has 1 aromatic carbocycles. The summed E-state index contributed by atoms with van der Waals surface area (Å²) in [5, 5.41) is 0. The Bertz CT molecular complexity index is 376. The molecule has 0 saturated carbocycles. The van der Waals surface area contributed by atoms with Gasteiger partial charge in [0.05, 0.1) is 0 Å². The minimum absolute atomic E-state index is 0.652. The molecule has 2 N–H and O–H groups in total. The van der Waals surface area contributed by atoms with E-state index >= 15 is 0 Å². The van der Waals surface area contributed by atoms with Crippen LogP contribution in [-0.2, 0) is 6.42 Å². The molecule has 0 amide bonds. The zero-order valence-electron chi connectivity index (χ0n) is 11.6. The highest BCUT2D eigenvalue weighted by Gasteiger charge is 2.26. The third kappa shape index (κ3) is 3.03. The maximum atomic E-state index is 5.72. The van der Waals surface area contributed by atoms with E-state index in [-0.39, 0.29) is 0 Å². The number of nitrogens with two attached hydrogens (primary N) is 1. The van der Waals surface area contributed by atoms with Crippen molar-refractivity contribution in [1.29, 1.82) is 0 Å². The van der Waals surface area contributed by atoms with E-state index in [0.717, 1.165) is 19.5 Å². The molecule has 1 unspecified atom stereocenters. The normalized spacial score (nSPS) is 19.8. The maximum Gasteiger partial charge on any atom is 0.0417 e. The van der Waals surface area contributed by atoms with Gasteiger partial charge in [-0.2, -0.15) is 0 Å². The largest absolute Gasteiger partial charge is 0.367 e. The summed E-state index contributed by atoms with van der Waals surface area (Å²) in [7, 11) is 4.31. The van der Waals surface area contributed by atoms with Gasteiger partial charge in [-0.15, -0.1) is 0 Å². The number of anilines is 1. The number of hydrogen-bond donors (Lipinski definition) is 1. The molecular weight excluding hydrogens is 222 g/mol. The molecule has 2 rings (SSSR count). The van der Waals surface area contributed by atoms with Crippen LogP contribution in [0.5, 0.6) is 0 Å². The predicted octanol–water partition coefficient (Wildman–Crippen LogP) is 1.72. The van der Waals surface area contributed by atoms with Crippen LogP contribution in [0, 0.1) is 0 Å². The Morgan fingerprint density at radius 2 is 2.11 bits per heavy atom. The highest BCUT2D eigenvalue weighted by Crippen LogP contribution is 2.29. The first-order chi connectivity index (χ1) is 8.72. The summed E-state index contributed by atoms with van der Waals surface area (Å²) in [6, 6.07) is 9.37. The topological polar surface area (TPSA) is 32.5 Å². The van der Waals surface area contributed by atoms with Gasteiger partial charge in [0, 0.05) is 24.8 Å². The van der Waals surface area contributed by atoms with Crippen LogP contribution in [0.2, 0.25) is 0 Å². The van der Waals surface area contributed by atoms with Crippen LogP contribution < -0.4 is 10.6 Å². The first kappa shape index (κ1) is 13.4. The lowest BCUT2D eigenvalue weighted by molar-refractivity contribution is 0.372. The van der Waals surface area contributed by atoms with Gasteiger partial charge in [-0.05, 0) is 51.5 Å². The van der Waals surface area contributed by atoms with Crippen molar-refractivity contribution in [3.8, 4) is 0 Å². The summed E-state index contributed by atoms with van der Waals surface area (Å²) in [5.74, 6) is 0. The minimum Gasteiger partial charge on any atom is -0.367 e. The fraction of sp³-hybridized carbons (Fsp3) is 0.600. The molecule has 1 saturated heterocycles. The summed E-state index contributed by atoms with van der Waals surface area (Å²) < 4.78 is 0. The van der Waals surface area contributed by atoms with Crippen molar-refractivity contribution in [2.75, 3.05) is 38.6 Å². The van der Waals surface area contributed by atoms with Crippen molar-refractivity contribution in [3.63, 3.8) is 0 Å². The Balaban J connectivity index is 2.18. The maximum absolute atomic E-state index is 5.72. The van der Waals surface area contributed by atoms with Gasteiger partial charge >= 0.3 is 0 Å². The van der Waals surface area contributed by atoms with Gasteiger partial charge < -0.3 is 15.5 Å². The first-order valence-corrected chi connectivity index (χ1v) is 6.91. The van der Waals surface area contributed by atoms with Crippen molar-refractivity contribution in [3.05, 3.63) is 29.8 Å². The van der Waals surface area contributed by atoms with E-state index < -0.39 is 0 Å². The number of likely N-dealkylation sites (N-methyl/N-ethyl adjacent to an activating group) is 1. The smallest absolute Gasteiger partial charge is 0.0417 e. The fourth-order valence-electron chi connectivity index (χ4n) is 2.92. The predicted molar refractivity (Wildman–Crippen MR) is 78.1 cm³/mol. The van der Waals surface area contributed by atoms with Crippen LogP contribution in [0.1, 0.15) is 18.4 Å². The van der Waals surface area contributed by atoms with Crippen LogP contribution >= 0.6 is 0 Å². The Morgan fingerprint density at radius 1 is 1.33 bits per heavy atom. The van der Waals surface area contributed by atoms with Crippen molar-refractivity contribution >= 4 is 5.69 Å². The second-order valence-corrected chi connectivity index (χ2v) is 5.42. The molecule has 0 radical (unpaired) electrons. The lowest BCUT2D eigenvalue weighted by atomic mass is 10.1. The third-order valence-corrected chi connectivity index (χ3v) is 3.67. The highest BCUT2D eigenvalue weighted by molar-refractivity contribution is 5.55. The molecule has 100 valence electrons. The fourth-order valence-corrected chi connectivity index (χ4v) is 2.92. The van der Waals surface area contributed by atoms with E-state index in [1.807, 2.05) is 0 Å². The molecule has 18 heavy (non-hydrogen) atoms. The van der Waals surface area contributed by atoms with Gasteiger partial charge in [-0.3, -0.25) is 0 Å². The van der Waals surface area contributed by atoms with E-state index in [9.17, 15) is 0 Å². The quantitative estimate of drug-likeness (QED) is 0.860. The molecule has 1 fully saturated rings. The van der Waals surface area contributed by atoms with Crippen LogP contribution in [0.4, 0.5) is 5.69 Å². The van der Waals surface area contributed by atoms with E-state index in [1.54, 1.807) is 0 Å². The highest BCUT2D eigenvalue weighted by atomic mass is 15.2. The van der Waals surface area contributed by atoms with Crippen molar-refractivity contribution < 1.29 is 0 Å². The summed E-state index contributed by atoms with van der Waals surface area (Å²) in [5.41, 5.74) is 8.51. The summed E-state index contributed by atoms with van der Waals surface area (Å²) in [6.45, 7) is 3.04. The number of rotatable bonds is 5. The monoisotopic (exact) mass is 247 g/mol. The molecule has 0 aliphatic carbocycles. The molecule has 0 bridgehead atoms. The van der Waals surface area contributed by atoms with Crippen LogP contribution in [0.3, 0.4) is 0 Å². The van der Waals surface area contributed by atoms with Crippen molar-refractivity contribution in [2.45, 2.75) is 25.3 Å². The van der Waals surface area contributed by atoms with Crippen molar-refractivity contribution in [2.24, 2.45) is 5.73 Å². The van der Waals surface area contributed by atoms with E-state index in [2.05, 4.69) is 48.2 Å². The molecule has 0 spiro atoms. The molecule has 3 nitrogen and oxygen atoms in total. The minimum atomic E-state index is 0.652. The molecule has 1 aliphatic heterocycles. The average Bonchev–Trinajstić information content (AvgIpc) is 2.77. The molecule has 1 atom stereocenters. The van der Waals surface area contributed by atoms with Gasteiger partial charge in [0.15, 0.2) is 0 Å². The molecule has 1 aromatic rings. The molecule has 1 aliphatic rings. The lowest BCUT2D eigenvalue weighted by Gasteiger charge is -2.30. The van der Waals surface area contributed by atoms with Gasteiger partial charge in [-0.25, -0.2) is 0 Å². The van der Waals surface area contributed by atoms with Crippen LogP contribution in [-0.4, -0.2) is 44.7 Å².